The molecule has 0 aliphatic rings. The molecule has 0 saturated heterocycles. The van der Waals surface area contributed by atoms with E-state index in [1.807, 2.05) is 18.2 Å². The number of fused-ring (bicyclic) bond motifs is 1. The van der Waals surface area contributed by atoms with Crippen molar-refractivity contribution < 1.29 is 0 Å². The zero-order valence-corrected chi connectivity index (χ0v) is 18.6. The topological polar surface area (TPSA) is 37.0 Å². The van der Waals surface area contributed by atoms with Crippen molar-refractivity contribution in [3.63, 3.8) is 0 Å². The summed E-state index contributed by atoms with van der Waals surface area (Å²) in [5.41, 5.74) is 6.43. The highest BCUT2D eigenvalue weighted by molar-refractivity contribution is 8.93. The molecule has 0 spiro atoms. The second kappa shape index (κ2) is 9.25. The van der Waals surface area contributed by atoms with Crippen LogP contribution in [0.15, 0.2) is 78.9 Å². The normalized spacial score (nSPS) is 11.0. The fraction of sp³-hybridized carbons (Fsp3) is 0.208. The molecule has 0 amide bonds. The number of imidazole rings is 1. The van der Waals surface area contributed by atoms with Gasteiger partial charge in [-0.05, 0) is 42.9 Å². The van der Waals surface area contributed by atoms with Gasteiger partial charge in [-0.25, -0.2) is 0 Å². The molecular weight excluding hydrogens is 424 g/mol. The van der Waals surface area contributed by atoms with Crippen molar-refractivity contribution in [1.29, 1.82) is 5.41 Å². The van der Waals surface area contributed by atoms with E-state index in [2.05, 4.69) is 88.8 Å². The number of benzene rings is 3. The summed E-state index contributed by atoms with van der Waals surface area (Å²) in [4.78, 5) is 2.15. The van der Waals surface area contributed by atoms with Gasteiger partial charge < -0.3 is 14.0 Å². The van der Waals surface area contributed by atoms with Crippen LogP contribution in [-0.2, 0) is 13.1 Å². The molecule has 4 aromatic rings. The van der Waals surface area contributed by atoms with Gasteiger partial charge in [0.1, 0.15) is 0 Å². The number of hydrogen-bond acceptors (Lipinski definition) is 2. The monoisotopic (exact) mass is 450 g/mol. The van der Waals surface area contributed by atoms with Crippen LogP contribution < -0.4 is 5.62 Å². The van der Waals surface area contributed by atoms with Gasteiger partial charge in [-0.15, -0.1) is 17.0 Å². The Hall–Kier alpha value is -2.63. The minimum atomic E-state index is 0. The number of para-hydroxylation sites is 2. The Balaban J connectivity index is 0.00000240. The second-order valence-corrected chi connectivity index (χ2v) is 7.42. The van der Waals surface area contributed by atoms with Gasteiger partial charge in [0.15, 0.2) is 0 Å². The third-order valence-electron chi connectivity index (χ3n) is 5.15. The Kier molecular flexibility index (Phi) is 6.72. The predicted octanol–water partition coefficient (Wildman–Crippen LogP) is 4.78. The molecule has 1 aromatic heterocycles. The summed E-state index contributed by atoms with van der Waals surface area (Å²) >= 11 is 0. The van der Waals surface area contributed by atoms with Crippen molar-refractivity contribution in [2.45, 2.75) is 13.1 Å². The molecule has 1 N–H and O–H groups in total. The molecule has 0 bridgehead atoms. The lowest BCUT2D eigenvalue weighted by atomic mass is 10.0. The maximum atomic E-state index is 8.75. The lowest BCUT2D eigenvalue weighted by Gasteiger charge is -2.10. The van der Waals surface area contributed by atoms with Crippen LogP contribution in [0.3, 0.4) is 0 Å². The van der Waals surface area contributed by atoms with E-state index in [1.54, 1.807) is 0 Å². The SMILES string of the molecule is Br.CN(C)CCn1c(=N)n(Cc2ccc(-c3ccccc3)cc2)c2ccccc21. The van der Waals surface area contributed by atoms with Gasteiger partial charge in [-0.1, -0.05) is 66.7 Å². The largest absolute Gasteiger partial charge is 0.309 e. The van der Waals surface area contributed by atoms with Crippen LogP contribution >= 0.6 is 17.0 Å². The van der Waals surface area contributed by atoms with Crippen LogP contribution in [0.2, 0.25) is 0 Å². The standard InChI is InChI=1S/C24H26N4.BrH/c1-26(2)16-17-27-22-10-6-7-11-23(22)28(24(27)25)18-19-12-14-21(15-13-19)20-8-4-3-5-9-20;/h3-15,25H,16-18H2,1-2H3;1H. The van der Waals surface area contributed by atoms with Crippen LogP contribution in [0, 0.1) is 5.41 Å². The van der Waals surface area contributed by atoms with Crippen molar-refractivity contribution in [2.75, 3.05) is 20.6 Å². The van der Waals surface area contributed by atoms with Crippen molar-refractivity contribution in [3.05, 3.63) is 90.0 Å². The zero-order valence-electron chi connectivity index (χ0n) is 16.9. The van der Waals surface area contributed by atoms with Gasteiger partial charge in [-0.3, -0.25) is 5.41 Å². The van der Waals surface area contributed by atoms with E-state index >= 15 is 0 Å². The summed E-state index contributed by atoms with van der Waals surface area (Å²) in [5, 5.41) is 8.75. The number of nitrogens with one attached hydrogen (secondary N) is 1. The van der Waals surface area contributed by atoms with E-state index in [0.717, 1.165) is 24.1 Å². The van der Waals surface area contributed by atoms with E-state index in [4.69, 9.17) is 5.41 Å². The Bertz CT molecular complexity index is 1130. The highest BCUT2D eigenvalue weighted by Gasteiger charge is 2.11. The molecule has 29 heavy (non-hydrogen) atoms. The molecule has 1 heterocycles. The van der Waals surface area contributed by atoms with Crippen molar-refractivity contribution in [3.8, 4) is 11.1 Å². The summed E-state index contributed by atoms with van der Waals surface area (Å²) < 4.78 is 4.20. The van der Waals surface area contributed by atoms with Crippen LogP contribution in [0.4, 0.5) is 0 Å². The quantitative estimate of drug-likeness (QED) is 0.450. The van der Waals surface area contributed by atoms with Gasteiger partial charge in [0.25, 0.3) is 0 Å². The minimum absolute atomic E-state index is 0. The number of halogens is 1. The number of hydrogen-bond donors (Lipinski definition) is 1. The van der Waals surface area contributed by atoms with E-state index < -0.39 is 0 Å². The highest BCUT2D eigenvalue weighted by Crippen LogP contribution is 2.20. The third-order valence-corrected chi connectivity index (χ3v) is 5.15. The predicted molar refractivity (Wildman–Crippen MR) is 126 cm³/mol. The van der Waals surface area contributed by atoms with Gasteiger partial charge in [0, 0.05) is 13.1 Å². The molecule has 4 nitrogen and oxygen atoms in total. The van der Waals surface area contributed by atoms with Crippen LogP contribution in [0.5, 0.6) is 0 Å². The fourth-order valence-corrected chi connectivity index (χ4v) is 3.60. The van der Waals surface area contributed by atoms with Crippen molar-refractivity contribution in [1.82, 2.24) is 14.0 Å². The molecular formula is C24H27BrN4. The first-order chi connectivity index (χ1) is 13.6. The Labute approximate surface area is 182 Å². The molecule has 0 saturated carbocycles. The number of nitrogens with zero attached hydrogens (tertiary/aromatic N) is 3. The van der Waals surface area contributed by atoms with E-state index in [0.29, 0.717) is 12.2 Å². The Morgan fingerprint density at radius 2 is 1.28 bits per heavy atom. The van der Waals surface area contributed by atoms with Crippen molar-refractivity contribution in [2.24, 2.45) is 0 Å². The zero-order chi connectivity index (χ0) is 19.5. The molecule has 0 atom stereocenters. The molecule has 0 radical (unpaired) electrons. The number of rotatable bonds is 6. The van der Waals surface area contributed by atoms with Crippen molar-refractivity contribution >= 4 is 28.0 Å². The van der Waals surface area contributed by atoms with Crippen LogP contribution in [0.1, 0.15) is 5.56 Å². The first-order valence-electron chi connectivity index (χ1n) is 9.65. The van der Waals surface area contributed by atoms with Gasteiger partial charge >= 0.3 is 0 Å². The third kappa shape index (κ3) is 4.52. The maximum Gasteiger partial charge on any atom is 0.203 e. The lowest BCUT2D eigenvalue weighted by Crippen LogP contribution is -2.29. The summed E-state index contributed by atoms with van der Waals surface area (Å²) in [6.07, 6.45) is 0. The van der Waals surface area contributed by atoms with Gasteiger partial charge in [0.05, 0.1) is 17.6 Å². The molecule has 150 valence electrons. The van der Waals surface area contributed by atoms with E-state index in [9.17, 15) is 0 Å². The fourth-order valence-electron chi connectivity index (χ4n) is 3.60. The summed E-state index contributed by atoms with van der Waals surface area (Å²) in [5.74, 6) is 0. The summed E-state index contributed by atoms with van der Waals surface area (Å²) in [6, 6.07) is 27.4. The average molecular weight is 451 g/mol. The van der Waals surface area contributed by atoms with E-state index in [1.165, 1.54) is 16.7 Å². The molecule has 5 heteroatoms. The Morgan fingerprint density at radius 1 is 0.724 bits per heavy atom. The van der Waals surface area contributed by atoms with Gasteiger partial charge in [-0.2, -0.15) is 0 Å². The first kappa shape index (κ1) is 21.1. The number of aromatic nitrogens is 2. The first-order valence-corrected chi connectivity index (χ1v) is 9.65. The summed E-state index contributed by atoms with van der Waals surface area (Å²) in [6.45, 7) is 2.42. The molecule has 4 rings (SSSR count). The van der Waals surface area contributed by atoms with Crippen LogP contribution in [-0.4, -0.2) is 34.7 Å². The van der Waals surface area contributed by atoms with Crippen LogP contribution in [0.25, 0.3) is 22.2 Å². The van der Waals surface area contributed by atoms with E-state index in [-0.39, 0.29) is 17.0 Å². The lowest BCUT2D eigenvalue weighted by molar-refractivity contribution is 0.380. The molecule has 3 aromatic carbocycles. The number of likely N-dealkylation sites (N-methyl/N-ethyl adjacent to an activating group) is 1. The smallest absolute Gasteiger partial charge is 0.203 e. The molecule has 0 fully saturated rings. The summed E-state index contributed by atoms with van der Waals surface area (Å²) in [7, 11) is 4.13. The highest BCUT2D eigenvalue weighted by atomic mass is 79.9. The Morgan fingerprint density at radius 3 is 1.90 bits per heavy atom. The average Bonchev–Trinajstić information content (AvgIpc) is 2.99. The maximum absolute atomic E-state index is 8.75. The molecule has 0 unspecified atom stereocenters. The second-order valence-electron chi connectivity index (χ2n) is 7.42. The van der Waals surface area contributed by atoms with Gasteiger partial charge in [0.2, 0.25) is 5.62 Å². The molecule has 0 aliphatic heterocycles. The molecule has 0 aliphatic carbocycles. The minimum Gasteiger partial charge on any atom is -0.309 e.